The van der Waals surface area contributed by atoms with Crippen LogP contribution in [0.4, 0.5) is 16.4 Å². The molecule has 1 spiro atoms. The first-order valence-electron chi connectivity index (χ1n) is 15.8. The van der Waals surface area contributed by atoms with Crippen molar-refractivity contribution in [3.8, 4) is 11.5 Å². The standard InChI is InChI=1S/C42H29NO3S/c1-24-20-25(2)38(26(3)21-24)43-35-17-9-6-14-31(35)42(32-15-7-10-18-36(32)46-37-19-11-8-16-33(37)42)34-23-27(47-41(34)43)22-30-39(44)28-12-4-5-13-29(28)40(30)45/h4-23H,1-3H3. The first kappa shape index (κ1) is 27.8. The van der Waals surface area contributed by atoms with Crippen molar-refractivity contribution in [2.45, 2.75) is 26.2 Å². The highest BCUT2D eigenvalue weighted by atomic mass is 32.1. The summed E-state index contributed by atoms with van der Waals surface area (Å²) >= 11 is 1.61. The Balaban J connectivity index is 1.39. The molecule has 3 heterocycles. The number of anilines is 3. The molecule has 0 unspecified atom stereocenters. The number of ketones is 2. The van der Waals surface area contributed by atoms with Gasteiger partial charge in [0.2, 0.25) is 0 Å². The van der Waals surface area contributed by atoms with Crippen molar-refractivity contribution in [3.05, 3.63) is 176 Å². The molecule has 0 fully saturated rings. The number of fused-ring (bicyclic) bond motifs is 9. The van der Waals surface area contributed by atoms with Crippen molar-refractivity contribution >= 4 is 45.4 Å². The number of para-hydroxylation sites is 3. The molecule has 1 aliphatic carbocycles. The zero-order valence-electron chi connectivity index (χ0n) is 26.1. The number of carbonyl (C=O) groups is 2. The molecule has 5 aromatic carbocycles. The molecule has 5 heteroatoms. The number of hydrogen-bond donors (Lipinski definition) is 0. The Morgan fingerprint density at radius 1 is 0.638 bits per heavy atom. The molecular weight excluding hydrogens is 599 g/mol. The molecule has 6 aromatic rings. The summed E-state index contributed by atoms with van der Waals surface area (Å²) in [5, 5.41) is 1.05. The predicted molar refractivity (Wildman–Crippen MR) is 188 cm³/mol. The number of allylic oxidation sites excluding steroid dienone is 1. The maximum Gasteiger partial charge on any atom is 0.197 e. The van der Waals surface area contributed by atoms with Gasteiger partial charge in [-0.05, 0) is 67.8 Å². The Hall–Kier alpha value is -5.52. The van der Waals surface area contributed by atoms with Crippen LogP contribution in [0.5, 0.6) is 11.5 Å². The highest BCUT2D eigenvalue weighted by Gasteiger charge is 2.52. The van der Waals surface area contributed by atoms with Crippen LogP contribution < -0.4 is 9.64 Å². The number of carbonyl (C=O) groups excluding carboxylic acids is 2. The average Bonchev–Trinajstić information content (AvgIpc) is 3.60. The molecule has 0 bridgehead atoms. The molecule has 0 amide bonds. The van der Waals surface area contributed by atoms with E-state index >= 15 is 0 Å². The number of benzene rings is 5. The van der Waals surface area contributed by atoms with Gasteiger partial charge < -0.3 is 9.64 Å². The minimum Gasteiger partial charge on any atom is -0.457 e. The van der Waals surface area contributed by atoms with E-state index in [1.54, 1.807) is 29.5 Å². The van der Waals surface area contributed by atoms with E-state index < -0.39 is 5.41 Å². The minimum absolute atomic E-state index is 0.207. The van der Waals surface area contributed by atoms with Gasteiger partial charge in [0.15, 0.2) is 11.6 Å². The van der Waals surface area contributed by atoms with Crippen LogP contribution in [-0.2, 0) is 5.41 Å². The van der Waals surface area contributed by atoms with Gasteiger partial charge in [0.25, 0.3) is 0 Å². The molecule has 0 saturated carbocycles. The number of ether oxygens (including phenoxy) is 1. The van der Waals surface area contributed by atoms with Crippen LogP contribution in [0.3, 0.4) is 0 Å². The Morgan fingerprint density at radius 3 is 1.79 bits per heavy atom. The lowest BCUT2D eigenvalue weighted by Crippen LogP contribution is -2.39. The fourth-order valence-electron chi connectivity index (χ4n) is 8.01. The summed E-state index contributed by atoms with van der Waals surface area (Å²) in [6, 6.07) is 39.0. The van der Waals surface area contributed by atoms with Gasteiger partial charge in [0.05, 0.1) is 22.4 Å². The van der Waals surface area contributed by atoms with Crippen LogP contribution in [-0.4, -0.2) is 11.6 Å². The van der Waals surface area contributed by atoms with Gasteiger partial charge >= 0.3 is 0 Å². The van der Waals surface area contributed by atoms with Crippen LogP contribution in [0.25, 0.3) is 6.08 Å². The number of hydrogen-bond acceptors (Lipinski definition) is 5. The molecule has 2 aliphatic heterocycles. The molecule has 3 aliphatic rings. The van der Waals surface area contributed by atoms with Crippen molar-refractivity contribution in [1.82, 2.24) is 0 Å². The fourth-order valence-corrected chi connectivity index (χ4v) is 9.19. The summed E-state index contributed by atoms with van der Waals surface area (Å²) in [6.45, 7) is 6.47. The Kier molecular flexibility index (Phi) is 5.90. The van der Waals surface area contributed by atoms with E-state index in [0.717, 1.165) is 55.0 Å². The SMILES string of the molecule is Cc1cc(C)c(N2c3ccccc3C3(c4ccccc4Oc4ccccc43)c3cc(C=C4C(=O)c5ccccc5C4=O)sc32)c(C)c1. The lowest BCUT2D eigenvalue weighted by molar-refractivity contribution is 0.0990. The zero-order valence-corrected chi connectivity index (χ0v) is 26.9. The van der Waals surface area contributed by atoms with Gasteiger partial charge in [0, 0.05) is 32.7 Å². The number of nitrogens with zero attached hydrogens (tertiary/aromatic N) is 1. The fraction of sp³-hybridized carbons (Fsp3) is 0.0952. The molecule has 1 aromatic heterocycles. The summed E-state index contributed by atoms with van der Waals surface area (Å²) in [6.07, 6.45) is 1.80. The maximum atomic E-state index is 13.6. The number of rotatable bonds is 2. The van der Waals surface area contributed by atoms with Crippen molar-refractivity contribution in [3.63, 3.8) is 0 Å². The quantitative estimate of drug-likeness (QED) is 0.141. The van der Waals surface area contributed by atoms with Crippen molar-refractivity contribution in [2.24, 2.45) is 0 Å². The van der Waals surface area contributed by atoms with E-state index in [4.69, 9.17) is 4.74 Å². The third kappa shape index (κ3) is 3.75. The van der Waals surface area contributed by atoms with E-state index in [0.29, 0.717) is 11.1 Å². The molecule has 0 saturated heterocycles. The largest absolute Gasteiger partial charge is 0.457 e. The third-order valence-corrected chi connectivity index (χ3v) is 10.8. The lowest BCUT2D eigenvalue weighted by Gasteiger charge is -2.47. The van der Waals surface area contributed by atoms with E-state index in [1.165, 1.54) is 16.7 Å². The summed E-state index contributed by atoms with van der Waals surface area (Å²) < 4.78 is 6.56. The summed E-state index contributed by atoms with van der Waals surface area (Å²) in [4.78, 5) is 30.3. The number of Topliss-reactive ketones (excluding diaryl/α,β-unsaturated/α-hetero) is 2. The molecule has 226 valence electrons. The van der Waals surface area contributed by atoms with Crippen LogP contribution in [0.1, 0.15) is 64.5 Å². The van der Waals surface area contributed by atoms with Gasteiger partial charge in [-0.25, -0.2) is 0 Å². The predicted octanol–water partition coefficient (Wildman–Crippen LogP) is 10.4. The molecule has 47 heavy (non-hydrogen) atoms. The molecule has 0 atom stereocenters. The molecule has 4 nitrogen and oxygen atoms in total. The van der Waals surface area contributed by atoms with Gasteiger partial charge in [-0.2, -0.15) is 0 Å². The van der Waals surface area contributed by atoms with E-state index in [-0.39, 0.29) is 17.1 Å². The maximum absolute atomic E-state index is 13.6. The second-order valence-electron chi connectivity index (χ2n) is 12.6. The number of thiophene rings is 1. The average molecular weight is 628 g/mol. The second kappa shape index (κ2) is 9.99. The van der Waals surface area contributed by atoms with Gasteiger partial charge in [-0.3, -0.25) is 9.59 Å². The molecule has 0 N–H and O–H groups in total. The monoisotopic (exact) mass is 627 g/mol. The molecular formula is C42H29NO3S. The van der Waals surface area contributed by atoms with Crippen molar-refractivity contribution in [2.75, 3.05) is 4.90 Å². The highest BCUT2D eigenvalue weighted by Crippen LogP contribution is 2.64. The summed E-state index contributed by atoms with van der Waals surface area (Å²) in [5.74, 6) is 1.18. The summed E-state index contributed by atoms with van der Waals surface area (Å²) in [5.41, 5.74) is 10.6. The third-order valence-electron chi connectivity index (χ3n) is 9.74. The Bertz CT molecular complexity index is 2270. The minimum atomic E-state index is -0.708. The molecule has 0 radical (unpaired) electrons. The number of aryl methyl sites for hydroxylation is 3. The first-order valence-corrected chi connectivity index (χ1v) is 16.6. The van der Waals surface area contributed by atoms with Crippen LogP contribution in [0.2, 0.25) is 0 Å². The van der Waals surface area contributed by atoms with E-state index in [2.05, 4.69) is 92.4 Å². The van der Waals surface area contributed by atoms with Crippen molar-refractivity contribution in [1.29, 1.82) is 0 Å². The van der Waals surface area contributed by atoms with Gasteiger partial charge in [-0.1, -0.05) is 96.6 Å². The van der Waals surface area contributed by atoms with Crippen LogP contribution in [0, 0.1) is 20.8 Å². The normalized spacial score (nSPS) is 15.0. The topological polar surface area (TPSA) is 46.6 Å². The summed E-state index contributed by atoms with van der Waals surface area (Å²) in [7, 11) is 0. The Labute approximate surface area is 277 Å². The highest BCUT2D eigenvalue weighted by molar-refractivity contribution is 7.17. The second-order valence-corrected chi connectivity index (χ2v) is 13.6. The van der Waals surface area contributed by atoms with E-state index in [1.807, 2.05) is 36.4 Å². The van der Waals surface area contributed by atoms with Crippen LogP contribution >= 0.6 is 11.3 Å². The zero-order chi connectivity index (χ0) is 32.0. The molecule has 9 rings (SSSR count). The van der Waals surface area contributed by atoms with E-state index in [9.17, 15) is 9.59 Å². The van der Waals surface area contributed by atoms with Gasteiger partial charge in [0.1, 0.15) is 16.5 Å². The first-order chi connectivity index (χ1) is 22.9. The lowest BCUT2D eigenvalue weighted by atomic mass is 9.62. The Morgan fingerprint density at radius 2 is 1.17 bits per heavy atom. The van der Waals surface area contributed by atoms with Crippen LogP contribution in [0.15, 0.2) is 121 Å². The smallest absolute Gasteiger partial charge is 0.197 e. The van der Waals surface area contributed by atoms with Crippen molar-refractivity contribution < 1.29 is 14.3 Å². The van der Waals surface area contributed by atoms with Gasteiger partial charge in [-0.15, -0.1) is 11.3 Å².